The van der Waals surface area contributed by atoms with Crippen LogP contribution in [0.3, 0.4) is 0 Å². The van der Waals surface area contributed by atoms with E-state index in [1.165, 1.54) is 19.3 Å². The predicted octanol–water partition coefficient (Wildman–Crippen LogP) is 5.11. The number of benzene rings is 2. The van der Waals surface area contributed by atoms with Crippen LogP contribution in [-0.4, -0.2) is 11.6 Å². The summed E-state index contributed by atoms with van der Waals surface area (Å²) in [5.41, 5.74) is 3.15. The second-order valence-electron chi connectivity index (χ2n) is 7.62. The van der Waals surface area contributed by atoms with E-state index in [1.54, 1.807) is 38.1 Å². The highest BCUT2D eigenvalue weighted by Crippen LogP contribution is 2.36. The minimum absolute atomic E-state index is 0.0198. The van der Waals surface area contributed by atoms with Crippen molar-refractivity contribution in [3.8, 4) is 12.1 Å². The minimum atomic E-state index is -0.0198. The van der Waals surface area contributed by atoms with Gasteiger partial charge in [-0.25, -0.2) is 0 Å². The smallest absolute Gasteiger partial charge is 0.137 e. The van der Waals surface area contributed by atoms with Crippen LogP contribution in [0.15, 0.2) is 48.5 Å². The number of carbonyl (C=O) groups excluding carboxylic acids is 2. The molecule has 0 spiro atoms. The average molecular weight is 386 g/mol. The van der Waals surface area contributed by atoms with Crippen LogP contribution in [0, 0.1) is 28.6 Å². The van der Waals surface area contributed by atoms with E-state index >= 15 is 0 Å². The lowest BCUT2D eigenvalue weighted by Crippen LogP contribution is -2.19. The molecule has 2 aromatic carbocycles. The van der Waals surface area contributed by atoms with Crippen LogP contribution in [-0.2, 0) is 16.0 Å². The van der Waals surface area contributed by atoms with Crippen LogP contribution in [0.25, 0.3) is 0 Å². The van der Waals surface area contributed by atoms with Gasteiger partial charge in [-0.3, -0.25) is 9.59 Å². The van der Waals surface area contributed by atoms with Gasteiger partial charge in [0.2, 0.25) is 0 Å². The van der Waals surface area contributed by atoms with Crippen LogP contribution in [0.1, 0.15) is 67.7 Å². The van der Waals surface area contributed by atoms with Crippen molar-refractivity contribution in [1.29, 1.82) is 10.5 Å². The first kappa shape index (κ1) is 22.1. The van der Waals surface area contributed by atoms with Crippen LogP contribution >= 0.6 is 0 Å². The van der Waals surface area contributed by atoms with Crippen molar-refractivity contribution < 1.29 is 9.59 Å². The second kappa shape index (κ2) is 10.9. The van der Waals surface area contributed by atoms with Crippen molar-refractivity contribution in [2.45, 2.75) is 51.9 Å². The van der Waals surface area contributed by atoms with Crippen molar-refractivity contribution >= 4 is 11.6 Å². The van der Waals surface area contributed by atoms with E-state index in [4.69, 9.17) is 10.5 Å². The number of carbonyl (C=O) groups is 2. The number of ketones is 2. The quantitative estimate of drug-likeness (QED) is 0.691. The zero-order valence-corrected chi connectivity index (χ0v) is 17.0. The van der Waals surface area contributed by atoms with E-state index in [2.05, 4.69) is 6.07 Å². The topological polar surface area (TPSA) is 81.7 Å². The van der Waals surface area contributed by atoms with E-state index in [0.717, 1.165) is 17.5 Å². The van der Waals surface area contributed by atoms with Gasteiger partial charge in [-0.2, -0.15) is 10.5 Å². The lowest BCUT2D eigenvalue weighted by molar-refractivity contribution is -0.119. The molecule has 1 unspecified atom stereocenters. The first-order valence-electron chi connectivity index (χ1n) is 9.92. The number of Topliss-reactive ketones (excluding diaryl/α,β-unsaturated/α-hetero) is 2. The monoisotopic (exact) mass is 386 g/mol. The summed E-state index contributed by atoms with van der Waals surface area (Å²) in [5.74, 6) is 1.01. The van der Waals surface area contributed by atoms with E-state index in [1.807, 2.05) is 30.3 Å². The molecule has 0 aromatic heterocycles. The molecule has 1 aliphatic carbocycles. The Morgan fingerprint density at radius 3 is 2.14 bits per heavy atom. The number of hydrogen-bond donors (Lipinski definition) is 0. The van der Waals surface area contributed by atoms with Crippen molar-refractivity contribution in [2.24, 2.45) is 5.92 Å². The molecule has 1 atom stereocenters. The number of nitrogens with zero attached hydrogens (tertiary/aromatic N) is 2. The van der Waals surface area contributed by atoms with E-state index < -0.39 is 0 Å². The van der Waals surface area contributed by atoms with Crippen molar-refractivity contribution in [3.63, 3.8) is 0 Å². The first-order chi connectivity index (χ1) is 13.9. The molecule has 2 aromatic rings. The fourth-order valence-corrected chi connectivity index (χ4v) is 3.46. The molecular weight excluding hydrogens is 360 g/mol. The third-order valence-corrected chi connectivity index (χ3v) is 5.21. The Bertz CT molecular complexity index is 946. The predicted molar refractivity (Wildman–Crippen MR) is 112 cm³/mol. The van der Waals surface area contributed by atoms with Gasteiger partial charge in [0, 0.05) is 12.3 Å². The summed E-state index contributed by atoms with van der Waals surface area (Å²) in [6, 6.07) is 18.7. The van der Waals surface area contributed by atoms with Crippen molar-refractivity contribution in [2.75, 3.05) is 0 Å². The Morgan fingerprint density at radius 1 is 1.00 bits per heavy atom. The molecule has 3 rings (SSSR count). The second-order valence-corrected chi connectivity index (χ2v) is 7.62. The molecule has 0 radical (unpaired) electrons. The third kappa shape index (κ3) is 7.01. The Kier molecular flexibility index (Phi) is 8.31. The maximum Gasteiger partial charge on any atom is 0.137 e. The fraction of sp³-hybridized carbons (Fsp3) is 0.360. The molecule has 0 heterocycles. The molecule has 1 saturated carbocycles. The summed E-state index contributed by atoms with van der Waals surface area (Å²) in [7, 11) is 0. The third-order valence-electron chi connectivity index (χ3n) is 5.21. The van der Waals surface area contributed by atoms with Gasteiger partial charge in [-0.05, 0) is 61.6 Å². The Morgan fingerprint density at radius 2 is 1.62 bits per heavy atom. The molecule has 148 valence electrons. The van der Waals surface area contributed by atoms with Gasteiger partial charge in [0.25, 0.3) is 0 Å². The standard InChI is InChI=1S/C15H17NO.C10H9NO/c1-11(17)15(9-12-4-2-5-12)14-7-3-6-13(8-14)10-16;1-8(12)5-9-3-2-4-10(6-9)7-11/h3,6-8,12,15H,2,4-5,9H2,1H3;2-4,6H,5H2,1H3. The van der Waals surface area contributed by atoms with Crippen LogP contribution in [0.2, 0.25) is 0 Å². The van der Waals surface area contributed by atoms with Gasteiger partial charge < -0.3 is 0 Å². The summed E-state index contributed by atoms with van der Waals surface area (Å²) in [6.07, 6.45) is 5.16. The number of hydrogen-bond acceptors (Lipinski definition) is 4. The number of nitriles is 2. The Balaban J connectivity index is 0.000000221. The van der Waals surface area contributed by atoms with E-state index in [0.29, 0.717) is 23.5 Å². The summed E-state index contributed by atoms with van der Waals surface area (Å²) in [6.45, 7) is 3.20. The van der Waals surface area contributed by atoms with Gasteiger partial charge in [0.05, 0.1) is 23.3 Å². The molecule has 29 heavy (non-hydrogen) atoms. The molecule has 1 fully saturated rings. The maximum absolute atomic E-state index is 11.7. The van der Waals surface area contributed by atoms with Gasteiger partial charge in [-0.1, -0.05) is 43.5 Å². The van der Waals surface area contributed by atoms with Gasteiger partial charge in [0.15, 0.2) is 0 Å². The Hall–Kier alpha value is -3.24. The molecule has 0 saturated heterocycles. The first-order valence-corrected chi connectivity index (χ1v) is 9.92. The molecule has 1 aliphatic rings. The number of rotatable bonds is 6. The molecule has 0 bridgehead atoms. The lowest BCUT2D eigenvalue weighted by atomic mass is 9.76. The molecular formula is C25H26N2O2. The van der Waals surface area contributed by atoms with Crippen LogP contribution < -0.4 is 0 Å². The van der Waals surface area contributed by atoms with E-state index in [9.17, 15) is 9.59 Å². The fourth-order valence-electron chi connectivity index (χ4n) is 3.46. The van der Waals surface area contributed by atoms with Crippen molar-refractivity contribution in [3.05, 3.63) is 70.8 Å². The SMILES string of the molecule is CC(=O)C(CC1CCC1)c1cccc(C#N)c1.CC(=O)Cc1cccc(C#N)c1. The molecule has 0 amide bonds. The zero-order valence-electron chi connectivity index (χ0n) is 17.0. The highest BCUT2D eigenvalue weighted by molar-refractivity contribution is 5.83. The van der Waals surface area contributed by atoms with Gasteiger partial charge in [-0.15, -0.1) is 0 Å². The summed E-state index contributed by atoms with van der Waals surface area (Å²) < 4.78 is 0. The van der Waals surface area contributed by atoms with Gasteiger partial charge >= 0.3 is 0 Å². The van der Waals surface area contributed by atoms with E-state index in [-0.39, 0.29) is 17.5 Å². The van der Waals surface area contributed by atoms with Crippen LogP contribution in [0.5, 0.6) is 0 Å². The molecule has 4 nitrogen and oxygen atoms in total. The molecule has 4 heteroatoms. The molecule has 0 aliphatic heterocycles. The Labute approximate surface area is 172 Å². The summed E-state index contributed by atoms with van der Waals surface area (Å²) in [4.78, 5) is 22.5. The lowest BCUT2D eigenvalue weighted by Gasteiger charge is -2.28. The van der Waals surface area contributed by atoms with Crippen molar-refractivity contribution in [1.82, 2.24) is 0 Å². The molecule has 0 N–H and O–H groups in total. The minimum Gasteiger partial charge on any atom is -0.300 e. The zero-order chi connectivity index (χ0) is 21.2. The normalized spacial score (nSPS) is 13.7. The highest BCUT2D eigenvalue weighted by atomic mass is 16.1. The summed E-state index contributed by atoms with van der Waals surface area (Å²) >= 11 is 0. The largest absolute Gasteiger partial charge is 0.300 e. The summed E-state index contributed by atoms with van der Waals surface area (Å²) in [5, 5.41) is 17.4. The van der Waals surface area contributed by atoms with Gasteiger partial charge in [0.1, 0.15) is 11.6 Å². The average Bonchev–Trinajstić information content (AvgIpc) is 2.67. The van der Waals surface area contributed by atoms with Crippen LogP contribution in [0.4, 0.5) is 0 Å². The maximum atomic E-state index is 11.7. The highest BCUT2D eigenvalue weighted by Gasteiger charge is 2.25.